The molecular formula is C16H29N5O6. The van der Waals surface area contributed by atoms with Crippen molar-refractivity contribution in [1.29, 1.82) is 0 Å². The second kappa shape index (κ2) is 11.1. The van der Waals surface area contributed by atoms with Gasteiger partial charge in [0.25, 0.3) is 0 Å². The van der Waals surface area contributed by atoms with Crippen LogP contribution in [0.2, 0.25) is 0 Å². The Bertz CT molecular complexity index is 578. The average Bonchev–Trinajstić information content (AvgIpc) is 2.54. The largest absolute Gasteiger partial charge is 0.480 e. The number of rotatable bonds is 11. The highest BCUT2D eigenvalue weighted by atomic mass is 16.4. The summed E-state index contributed by atoms with van der Waals surface area (Å²) in [5.74, 6) is -4.74. The quantitative estimate of drug-likeness (QED) is 0.229. The summed E-state index contributed by atoms with van der Waals surface area (Å²) in [6.07, 6.45) is -0.580. The predicted octanol–water partition coefficient (Wildman–Crippen LogP) is -2.33. The van der Waals surface area contributed by atoms with Gasteiger partial charge < -0.3 is 32.5 Å². The zero-order chi connectivity index (χ0) is 21.3. The van der Waals surface area contributed by atoms with Gasteiger partial charge >= 0.3 is 5.97 Å². The molecule has 0 radical (unpaired) electrons. The number of aliphatic carboxylic acids is 1. The third kappa shape index (κ3) is 8.99. The molecular weight excluding hydrogens is 358 g/mol. The highest BCUT2D eigenvalue weighted by Crippen LogP contribution is 2.04. The third-order valence-corrected chi connectivity index (χ3v) is 3.73. The maximum absolute atomic E-state index is 12.3. The summed E-state index contributed by atoms with van der Waals surface area (Å²) in [4.78, 5) is 58.1. The smallest absolute Gasteiger partial charge is 0.326 e. The van der Waals surface area contributed by atoms with Crippen LogP contribution in [0.3, 0.4) is 0 Å². The van der Waals surface area contributed by atoms with Crippen LogP contribution in [0.15, 0.2) is 0 Å². The summed E-state index contributed by atoms with van der Waals surface area (Å²) in [5.41, 5.74) is 10.6. The molecule has 8 N–H and O–H groups in total. The Morgan fingerprint density at radius 2 is 1.48 bits per heavy atom. The molecule has 11 heteroatoms. The highest BCUT2D eigenvalue weighted by molar-refractivity contribution is 5.93. The molecule has 0 aliphatic rings. The molecule has 0 saturated heterocycles. The first kappa shape index (κ1) is 24.3. The van der Waals surface area contributed by atoms with E-state index in [1.165, 1.54) is 0 Å². The van der Waals surface area contributed by atoms with Crippen molar-refractivity contribution in [3.63, 3.8) is 0 Å². The van der Waals surface area contributed by atoms with Gasteiger partial charge in [-0.2, -0.15) is 0 Å². The van der Waals surface area contributed by atoms with Crippen molar-refractivity contribution in [3.8, 4) is 0 Å². The van der Waals surface area contributed by atoms with Crippen molar-refractivity contribution in [2.24, 2.45) is 23.3 Å². The molecule has 0 aromatic rings. The topological polar surface area (TPSA) is 194 Å². The Morgan fingerprint density at radius 1 is 0.926 bits per heavy atom. The number of hydrogen-bond donors (Lipinski definition) is 6. The standard InChI is InChI=1S/C16H29N5O6/c1-7(2)12(18)14(24)19-6-11(23)21-13(8(3)4)15(25)20-9(16(26)27)5-10(17)22/h7-9,12-13H,5-6,18H2,1-4H3,(H2,17,22)(H,19,24)(H,20,25)(H,21,23)(H,26,27). The van der Waals surface area contributed by atoms with Gasteiger partial charge in [-0.1, -0.05) is 27.7 Å². The molecule has 3 unspecified atom stereocenters. The minimum absolute atomic E-state index is 0.111. The third-order valence-electron chi connectivity index (χ3n) is 3.73. The van der Waals surface area contributed by atoms with E-state index in [0.717, 1.165) is 0 Å². The van der Waals surface area contributed by atoms with Crippen LogP contribution in [0.5, 0.6) is 0 Å². The van der Waals surface area contributed by atoms with Crippen molar-refractivity contribution in [1.82, 2.24) is 16.0 Å². The predicted molar refractivity (Wildman–Crippen MR) is 96.0 cm³/mol. The molecule has 0 aromatic heterocycles. The normalized spacial score (nSPS) is 14.2. The molecule has 3 atom stereocenters. The van der Waals surface area contributed by atoms with Gasteiger partial charge in [0.05, 0.1) is 19.0 Å². The van der Waals surface area contributed by atoms with Crippen LogP contribution >= 0.6 is 0 Å². The van der Waals surface area contributed by atoms with E-state index >= 15 is 0 Å². The Morgan fingerprint density at radius 3 is 1.89 bits per heavy atom. The molecule has 0 aliphatic heterocycles. The second-order valence-corrected chi connectivity index (χ2v) is 6.85. The molecule has 0 spiro atoms. The van der Waals surface area contributed by atoms with E-state index in [2.05, 4.69) is 16.0 Å². The lowest BCUT2D eigenvalue weighted by Crippen LogP contribution is -2.56. The van der Waals surface area contributed by atoms with E-state index in [1.807, 2.05) is 0 Å². The van der Waals surface area contributed by atoms with Gasteiger partial charge in [0.1, 0.15) is 12.1 Å². The van der Waals surface area contributed by atoms with Crippen LogP contribution in [0.25, 0.3) is 0 Å². The Balaban J connectivity index is 4.85. The number of carboxylic acid groups (broad SMARTS) is 1. The van der Waals surface area contributed by atoms with Crippen LogP contribution in [0.1, 0.15) is 34.1 Å². The molecule has 0 saturated carbocycles. The second-order valence-electron chi connectivity index (χ2n) is 6.85. The number of carboxylic acids is 1. The molecule has 0 heterocycles. The number of nitrogens with one attached hydrogen (secondary N) is 3. The summed E-state index contributed by atoms with van der Waals surface area (Å²) in [6.45, 7) is 6.41. The minimum Gasteiger partial charge on any atom is -0.480 e. The summed E-state index contributed by atoms with van der Waals surface area (Å²) in [6, 6.07) is -3.34. The van der Waals surface area contributed by atoms with Gasteiger partial charge in [-0.05, 0) is 11.8 Å². The van der Waals surface area contributed by atoms with Crippen LogP contribution in [-0.2, 0) is 24.0 Å². The summed E-state index contributed by atoms with van der Waals surface area (Å²) < 4.78 is 0. The van der Waals surface area contributed by atoms with E-state index in [-0.39, 0.29) is 18.4 Å². The molecule has 11 nitrogen and oxygen atoms in total. The number of hydrogen-bond acceptors (Lipinski definition) is 6. The molecule has 0 bridgehead atoms. The summed E-state index contributed by atoms with van der Waals surface area (Å²) in [5, 5.41) is 16.0. The Labute approximate surface area is 157 Å². The first-order valence-electron chi connectivity index (χ1n) is 8.50. The molecule has 4 amide bonds. The van der Waals surface area contributed by atoms with Crippen molar-refractivity contribution in [3.05, 3.63) is 0 Å². The molecule has 27 heavy (non-hydrogen) atoms. The lowest BCUT2D eigenvalue weighted by Gasteiger charge is -2.24. The van der Waals surface area contributed by atoms with E-state index in [4.69, 9.17) is 16.6 Å². The highest BCUT2D eigenvalue weighted by Gasteiger charge is 2.29. The maximum Gasteiger partial charge on any atom is 0.326 e. The van der Waals surface area contributed by atoms with Crippen LogP contribution < -0.4 is 27.4 Å². The van der Waals surface area contributed by atoms with Crippen molar-refractivity contribution in [2.75, 3.05) is 6.54 Å². The Hall–Kier alpha value is -2.69. The average molecular weight is 387 g/mol. The van der Waals surface area contributed by atoms with Crippen molar-refractivity contribution < 1.29 is 29.1 Å². The van der Waals surface area contributed by atoms with Crippen LogP contribution in [0.4, 0.5) is 0 Å². The fourth-order valence-electron chi connectivity index (χ4n) is 2.01. The zero-order valence-electron chi connectivity index (χ0n) is 15.9. The fourth-order valence-corrected chi connectivity index (χ4v) is 2.01. The molecule has 0 aliphatic carbocycles. The van der Waals surface area contributed by atoms with Gasteiger partial charge in [0, 0.05) is 0 Å². The lowest BCUT2D eigenvalue weighted by molar-refractivity contribution is -0.144. The number of carbonyl (C=O) groups is 5. The lowest BCUT2D eigenvalue weighted by atomic mass is 10.0. The van der Waals surface area contributed by atoms with Crippen molar-refractivity contribution in [2.45, 2.75) is 52.2 Å². The fraction of sp³-hybridized carbons (Fsp3) is 0.688. The number of nitrogens with two attached hydrogens (primary N) is 2. The van der Waals surface area contributed by atoms with Crippen molar-refractivity contribution >= 4 is 29.6 Å². The van der Waals surface area contributed by atoms with Gasteiger partial charge in [-0.25, -0.2) is 4.79 Å². The minimum atomic E-state index is -1.50. The van der Waals surface area contributed by atoms with Gasteiger partial charge in [-0.15, -0.1) is 0 Å². The van der Waals surface area contributed by atoms with Crippen LogP contribution in [0, 0.1) is 11.8 Å². The first-order chi connectivity index (χ1) is 12.4. The van der Waals surface area contributed by atoms with E-state index in [1.54, 1.807) is 27.7 Å². The van der Waals surface area contributed by atoms with E-state index < -0.39 is 54.1 Å². The van der Waals surface area contributed by atoms with E-state index in [9.17, 15) is 24.0 Å². The van der Waals surface area contributed by atoms with E-state index in [0.29, 0.717) is 0 Å². The molecule has 0 fully saturated rings. The zero-order valence-corrected chi connectivity index (χ0v) is 15.9. The molecule has 0 rings (SSSR count). The van der Waals surface area contributed by atoms with Crippen LogP contribution in [-0.4, -0.2) is 59.4 Å². The SMILES string of the molecule is CC(C)C(N)C(=O)NCC(=O)NC(C(=O)NC(CC(N)=O)C(=O)O)C(C)C. The van der Waals surface area contributed by atoms with Gasteiger partial charge in [0.15, 0.2) is 0 Å². The Kier molecular flexibility index (Phi) is 10.0. The number of carbonyl (C=O) groups excluding carboxylic acids is 4. The molecule has 0 aromatic carbocycles. The van der Waals surface area contributed by atoms with Gasteiger partial charge in [0.2, 0.25) is 23.6 Å². The first-order valence-corrected chi connectivity index (χ1v) is 8.50. The summed E-state index contributed by atoms with van der Waals surface area (Å²) >= 11 is 0. The van der Waals surface area contributed by atoms with Gasteiger partial charge in [-0.3, -0.25) is 19.2 Å². The number of amides is 4. The maximum atomic E-state index is 12.3. The summed E-state index contributed by atoms with van der Waals surface area (Å²) in [7, 11) is 0. The number of primary amides is 1. The molecule has 154 valence electrons. The monoisotopic (exact) mass is 387 g/mol.